The van der Waals surface area contributed by atoms with E-state index in [1.807, 2.05) is 0 Å². The van der Waals surface area contributed by atoms with Gasteiger partial charge in [-0.2, -0.15) is 8.62 Å². The summed E-state index contributed by atoms with van der Waals surface area (Å²) in [6, 6.07) is 0. The number of hydrogen-bond acceptors (Lipinski definition) is 12. The summed E-state index contributed by atoms with van der Waals surface area (Å²) in [7, 11) is -16.8. The largest absolute Gasteiger partial charge is 0.490 e. The number of alkyl halides is 1. The molecule has 0 aromatic carbocycles. The summed E-state index contributed by atoms with van der Waals surface area (Å²) in [4.78, 5) is 47.0. The number of aliphatic hydroxyl groups is 1. The predicted molar refractivity (Wildman–Crippen MR) is 94.4 cm³/mol. The summed E-state index contributed by atoms with van der Waals surface area (Å²) in [5.74, 6) is 0.00177. The molecule has 31 heavy (non-hydrogen) atoms. The molecule has 2 aromatic heterocycles. The summed E-state index contributed by atoms with van der Waals surface area (Å²) < 4.78 is 66.1. The van der Waals surface area contributed by atoms with Gasteiger partial charge in [0.15, 0.2) is 23.9 Å². The molecular formula is C10H15FN5O12P3. The van der Waals surface area contributed by atoms with E-state index in [4.69, 9.17) is 25.2 Å². The molecule has 1 fully saturated rings. The third kappa shape index (κ3) is 5.70. The zero-order valence-corrected chi connectivity index (χ0v) is 17.5. The number of fused-ring (bicyclic) bond motifs is 1. The van der Waals surface area contributed by atoms with Crippen LogP contribution in [0.2, 0.25) is 0 Å². The number of hydrogen-bond donors (Lipinski definition) is 6. The Bertz CT molecular complexity index is 1110. The molecule has 0 aliphatic carbocycles. The predicted octanol–water partition coefficient (Wildman–Crippen LogP) is -0.652. The molecule has 2 aromatic rings. The molecule has 3 rings (SSSR count). The Balaban J connectivity index is 1.69. The Hall–Kier alpha value is -1.39. The van der Waals surface area contributed by atoms with Crippen LogP contribution in [0.5, 0.6) is 0 Å². The van der Waals surface area contributed by atoms with Gasteiger partial charge in [0.25, 0.3) is 0 Å². The molecule has 7 N–H and O–H groups in total. The lowest BCUT2D eigenvalue weighted by atomic mass is 10.1. The highest BCUT2D eigenvalue weighted by Gasteiger charge is 2.48. The summed E-state index contributed by atoms with van der Waals surface area (Å²) >= 11 is 0. The molecule has 0 amide bonds. The van der Waals surface area contributed by atoms with Crippen molar-refractivity contribution in [3.63, 3.8) is 0 Å². The Kier molecular flexibility index (Phi) is 6.66. The van der Waals surface area contributed by atoms with Crippen molar-refractivity contribution in [2.24, 2.45) is 0 Å². The van der Waals surface area contributed by atoms with Gasteiger partial charge in [-0.05, 0) is 0 Å². The van der Waals surface area contributed by atoms with Gasteiger partial charge in [-0.1, -0.05) is 0 Å². The van der Waals surface area contributed by atoms with Crippen LogP contribution in [0.15, 0.2) is 12.7 Å². The van der Waals surface area contributed by atoms with E-state index in [1.165, 1.54) is 0 Å². The van der Waals surface area contributed by atoms with Crippen molar-refractivity contribution in [3.05, 3.63) is 12.7 Å². The fourth-order valence-corrected chi connectivity index (χ4v) is 5.62. The average Bonchev–Trinajstić information content (AvgIpc) is 3.13. The third-order valence-corrected chi connectivity index (χ3v) is 7.58. The monoisotopic (exact) mass is 509 g/mol. The zero-order valence-electron chi connectivity index (χ0n) is 14.9. The minimum atomic E-state index is -5.73. The smallest absolute Gasteiger partial charge is 0.387 e. The summed E-state index contributed by atoms with van der Waals surface area (Å²) in [6.07, 6.45) is -4.88. The maximum absolute atomic E-state index is 14.6. The molecule has 3 heterocycles. The van der Waals surface area contributed by atoms with Crippen molar-refractivity contribution >= 4 is 40.4 Å². The standard InChI is InChI=1S/C10H15FN5O12P3/c11-5-7(17)4(1-25-30(21,22)28-31(23,24)27-29(18,19)20)26-10(5)16-3-15-6-8(12)13-2-14-9(6)16/h2-5,7,10,17H,1H2,(H,21,22)(H,23,24)(H2,12,13,14)(H2,18,19,20)/t4?,5?,7-,10?/m0/s1. The van der Waals surface area contributed by atoms with Crippen LogP contribution in [-0.4, -0.2) is 69.2 Å². The van der Waals surface area contributed by atoms with Crippen molar-refractivity contribution in [1.82, 2.24) is 19.5 Å². The van der Waals surface area contributed by atoms with Crippen molar-refractivity contribution in [2.45, 2.75) is 24.6 Å². The zero-order chi connectivity index (χ0) is 23.2. The van der Waals surface area contributed by atoms with Crippen LogP contribution in [0.25, 0.3) is 11.2 Å². The Morgan fingerprint density at radius 3 is 2.45 bits per heavy atom. The first-order valence-electron chi connectivity index (χ1n) is 7.88. The molecular weight excluding hydrogens is 494 g/mol. The normalized spacial score (nSPS) is 28.5. The van der Waals surface area contributed by atoms with Crippen molar-refractivity contribution in [3.8, 4) is 0 Å². The second kappa shape index (κ2) is 8.51. The van der Waals surface area contributed by atoms with Gasteiger partial charge in [-0.25, -0.2) is 33.0 Å². The van der Waals surface area contributed by atoms with E-state index in [-0.39, 0.29) is 17.0 Å². The van der Waals surface area contributed by atoms with Gasteiger partial charge in [0.05, 0.1) is 12.9 Å². The van der Waals surface area contributed by atoms with Gasteiger partial charge in [-0.15, -0.1) is 0 Å². The lowest BCUT2D eigenvalue weighted by Crippen LogP contribution is -2.31. The highest BCUT2D eigenvalue weighted by atomic mass is 31.3. The van der Waals surface area contributed by atoms with Crippen LogP contribution in [0.4, 0.5) is 10.2 Å². The number of nitrogens with zero attached hydrogens (tertiary/aromatic N) is 4. The maximum Gasteiger partial charge on any atom is 0.490 e. The number of anilines is 1. The number of rotatable bonds is 8. The molecule has 6 atom stereocenters. The highest BCUT2D eigenvalue weighted by Crippen LogP contribution is 2.66. The molecule has 0 bridgehead atoms. The second-order valence-corrected chi connectivity index (χ2v) is 10.4. The number of imidazole rings is 1. The third-order valence-electron chi connectivity index (χ3n) is 3.77. The number of halogens is 1. The minimum Gasteiger partial charge on any atom is -0.387 e. The van der Waals surface area contributed by atoms with Gasteiger partial charge in [0, 0.05) is 0 Å². The molecule has 21 heteroatoms. The number of phosphoric acid groups is 3. The van der Waals surface area contributed by atoms with Crippen molar-refractivity contribution in [1.29, 1.82) is 0 Å². The summed E-state index contributed by atoms with van der Waals surface area (Å²) in [5.41, 5.74) is 5.84. The van der Waals surface area contributed by atoms with Gasteiger partial charge in [0.2, 0.25) is 0 Å². The van der Waals surface area contributed by atoms with E-state index in [1.54, 1.807) is 0 Å². The number of phosphoric ester groups is 1. The van der Waals surface area contributed by atoms with E-state index in [0.29, 0.717) is 0 Å². The van der Waals surface area contributed by atoms with Crippen LogP contribution < -0.4 is 5.73 Å². The lowest BCUT2D eigenvalue weighted by molar-refractivity contribution is -0.0450. The van der Waals surface area contributed by atoms with E-state index < -0.39 is 54.7 Å². The number of nitrogens with two attached hydrogens (primary N) is 1. The van der Waals surface area contributed by atoms with Gasteiger partial charge in [-0.3, -0.25) is 9.09 Å². The summed E-state index contributed by atoms with van der Waals surface area (Å²) in [6.45, 7) is -1.04. The van der Waals surface area contributed by atoms with Crippen LogP contribution >= 0.6 is 23.5 Å². The van der Waals surface area contributed by atoms with Crippen LogP contribution in [0.3, 0.4) is 0 Å². The van der Waals surface area contributed by atoms with Crippen molar-refractivity contribution < 1.29 is 60.6 Å². The molecule has 1 aliphatic rings. The SMILES string of the molecule is Nc1ncnc2c1ncn2C1OC(COP(=O)(O)OP(=O)(O)OP(=O)(O)O)[C@H](O)C1F. The number of ether oxygens (including phenoxy) is 1. The highest BCUT2D eigenvalue weighted by molar-refractivity contribution is 7.66. The fraction of sp³-hybridized carbons (Fsp3) is 0.500. The molecule has 174 valence electrons. The first-order chi connectivity index (χ1) is 14.2. The van der Waals surface area contributed by atoms with Crippen molar-refractivity contribution in [2.75, 3.05) is 12.3 Å². The van der Waals surface area contributed by atoms with Crippen LogP contribution in [0.1, 0.15) is 6.23 Å². The Morgan fingerprint density at radius 2 is 1.81 bits per heavy atom. The molecule has 1 aliphatic heterocycles. The molecule has 1 saturated heterocycles. The summed E-state index contributed by atoms with van der Waals surface area (Å²) in [5, 5.41) is 10.0. The van der Waals surface area contributed by atoms with Crippen LogP contribution in [0, 0.1) is 0 Å². The molecule has 0 radical (unpaired) electrons. The maximum atomic E-state index is 14.6. The molecule has 17 nitrogen and oxygen atoms in total. The fourth-order valence-electron chi connectivity index (χ4n) is 2.59. The first-order valence-corrected chi connectivity index (χ1v) is 12.4. The topological polar surface area (TPSA) is 259 Å². The van der Waals surface area contributed by atoms with Gasteiger partial charge >= 0.3 is 23.5 Å². The molecule has 0 saturated carbocycles. The molecule has 5 unspecified atom stereocenters. The number of aliphatic hydroxyl groups excluding tert-OH is 1. The van der Waals surface area contributed by atoms with E-state index >= 15 is 0 Å². The van der Waals surface area contributed by atoms with Gasteiger partial charge < -0.3 is 35.2 Å². The Morgan fingerprint density at radius 1 is 1.13 bits per heavy atom. The Labute approximate surface area is 171 Å². The second-order valence-electron chi connectivity index (χ2n) is 5.97. The first kappa shape index (κ1) is 24.3. The molecule has 0 spiro atoms. The van der Waals surface area contributed by atoms with Crippen LogP contribution in [-0.2, 0) is 31.6 Å². The average molecular weight is 509 g/mol. The quantitative estimate of drug-likeness (QED) is 0.241. The minimum absolute atomic E-state index is 0.00177. The number of aromatic nitrogens is 4. The number of nitrogen functional groups attached to an aromatic ring is 1. The van der Waals surface area contributed by atoms with E-state index in [0.717, 1.165) is 17.2 Å². The lowest BCUT2D eigenvalue weighted by Gasteiger charge is -2.19. The van der Waals surface area contributed by atoms with E-state index in [2.05, 4.69) is 28.1 Å². The van der Waals surface area contributed by atoms with E-state index in [9.17, 15) is 28.1 Å². The van der Waals surface area contributed by atoms with Gasteiger partial charge in [0.1, 0.15) is 24.1 Å².